The molecule has 2 saturated heterocycles. The lowest BCUT2D eigenvalue weighted by atomic mass is 9.91. The first-order chi connectivity index (χ1) is 7.36. The number of rotatable bonds is 4. The molecular formula is C12H21NO2. The lowest BCUT2D eigenvalue weighted by molar-refractivity contribution is -0.123. The van der Waals surface area contributed by atoms with E-state index in [1.807, 2.05) is 0 Å². The smallest absolute Gasteiger partial charge is 0.138 e. The van der Waals surface area contributed by atoms with Gasteiger partial charge in [-0.15, -0.1) is 0 Å². The van der Waals surface area contributed by atoms with Gasteiger partial charge in [0.25, 0.3) is 0 Å². The molecule has 0 amide bonds. The van der Waals surface area contributed by atoms with Crippen molar-refractivity contribution in [3.05, 3.63) is 0 Å². The number of ether oxygens (including phenoxy) is 1. The van der Waals surface area contributed by atoms with Crippen LogP contribution in [0.4, 0.5) is 0 Å². The van der Waals surface area contributed by atoms with Gasteiger partial charge in [0.1, 0.15) is 5.78 Å². The highest BCUT2D eigenvalue weighted by Gasteiger charge is 2.24. The number of ketones is 1. The van der Waals surface area contributed by atoms with Gasteiger partial charge in [0.05, 0.1) is 6.61 Å². The van der Waals surface area contributed by atoms with E-state index in [1.54, 1.807) is 0 Å². The zero-order chi connectivity index (χ0) is 10.5. The standard InChI is InChI=1S/C12H21NO2/c14-12(11-5-7-15-9-11)4-3-10-2-1-6-13-8-10/h10-11,13H,1-9H2. The Bertz CT molecular complexity index is 206. The van der Waals surface area contributed by atoms with Crippen LogP contribution in [0.2, 0.25) is 0 Å². The largest absolute Gasteiger partial charge is 0.381 e. The summed E-state index contributed by atoms with van der Waals surface area (Å²) in [7, 11) is 0. The maximum Gasteiger partial charge on any atom is 0.138 e. The molecule has 0 spiro atoms. The predicted molar refractivity (Wildman–Crippen MR) is 58.8 cm³/mol. The molecule has 2 aliphatic rings. The summed E-state index contributed by atoms with van der Waals surface area (Å²) >= 11 is 0. The Balaban J connectivity index is 1.65. The topological polar surface area (TPSA) is 38.3 Å². The van der Waals surface area contributed by atoms with E-state index < -0.39 is 0 Å². The van der Waals surface area contributed by atoms with Crippen molar-refractivity contribution in [1.82, 2.24) is 5.32 Å². The average molecular weight is 211 g/mol. The van der Waals surface area contributed by atoms with Gasteiger partial charge in [0.2, 0.25) is 0 Å². The highest BCUT2D eigenvalue weighted by Crippen LogP contribution is 2.20. The fourth-order valence-corrected chi connectivity index (χ4v) is 2.51. The number of nitrogens with one attached hydrogen (secondary N) is 1. The second-order valence-corrected chi connectivity index (χ2v) is 4.78. The van der Waals surface area contributed by atoms with Gasteiger partial charge in [0, 0.05) is 18.9 Å². The number of Topliss-reactive ketones (excluding diaryl/α,β-unsaturated/α-hetero) is 1. The van der Waals surface area contributed by atoms with Crippen molar-refractivity contribution in [3.8, 4) is 0 Å². The van der Waals surface area contributed by atoms with E-state index in [0.29, 0.717) is 12.4 Å². The molecule has 0 aromatic rings. The van der Waals surface area contributed by atoms with Crippen LogP contribution in [-0.4, -0.2) is 32.1 Å². The summed E-state index contributed by atoms with van der Waals surface area (Å²) < 4.78 is 5.24. The van der Waals surface area contributed by atoms with Crippen LogP contribution >= 0.6 is 0 Å². The molecule has 15 heavy (non-hydrogen) atoms. The van der Waals surface area contributed by atoms with E-state index in [9.17, 15) is 4.79 Å². The number of hydrogen-bond acceptors (Lipinski definition) is 3. The van der Waals surface area contributed by atoms with Crippen molar-refractivity contribution in [2.75, 3.05) is 26.3 Å². The zero-order valence-corrected chi connectivity index (χ0v) is 9.34. The average Bonchev–Trinajstić information content (AvgIpc) is 2.81. The van der Waals surface area contributed by atoms with Crippen LogP contribution in [0.25, 0.3) is 0 Å². The van der Waals surface area contributed by atoms with Gasteiger partial charge in [-0.2, -0.15) is 0 Å². The lowest BCUT2D eigenvalue weighted by Crippen LogP contribution is -2.30. The van der Waals surface area contributed by atoms with Gasteiger partial charge in [-0.3, -0.25) is 4.79 Å². The summed E-state index contributed by atoms with van der Waals surface area (Å²) in [6.07, 6.45) is 5.34. The molecule has 86 valence electrons. The third-order valence-electron chi connectivity index (χ3n) is 3.58. The fraction of sp³-hybridized carbons (Fsp3) is 0.917. The summed E-state index contributed by atoms with van der Waals surface area (Å²) in [6.45, 7) is 3.71. The molecule has 2 aliphatic heterocycles. The molecule has 0 radical (unpaired) electrons. The highest BCUT2D eigenvalue weighted by atomic mass is 16.5. The van der Waals surface area contributed by atoms with E-state index in [-0.39, 0.29) is 5.92 Å². The molecule has 0 aromatic carbocycles. The van der Waals surface area contributed by atoms with Crippen molar-refractivity contribution < 1.29 is 9.53 Å². The van der Waals surface area contributed by atoms with Crippen molar-refractivity contribution in [3.63, 3.8) is 0 Å². The quantitative estimate of drug-likeness (QED) is 0.763. The van der Waals surface area contributed by atoms with Gasteiger partial charge < -0.3 is 10.1 Å². The van der Waals surface area contributed by atoms with Gasteiger partial charge >= 0.3 is 0 Å². The van der Waals surface area contributed by atoms with Crippen LogP contribution in [-0.2, 0) is 9.53 Å². The third kappa shape index (κ3) is 3.28. The van der Waals surface area contributed by atoms with E-state index in [2.05, 4.69) is 5.32 Å². The molecule has 2 unspecified atom stereocenters. The van der Waals surface area contributed by atoms with Gasteiger partial charge in [-0.05, 0) is 44.7 Å². The Labute approximate surface area is 91.6 Å². The molecule has 1 N–H and O–H groups in total. The Morgan fingerprint density at radius 1 is 1.40 bits per heavy atom. The van der Waals surface area contributed by atoms with Crippen molar-refractivity contribution in [1.29, 1.82) is 0 Å². The van der Waals surface area contributed by atoms with E-state index in [4.69, 9.17) is 4.74 Å². The number of carbonyl (C=O) groups is 1. The van der Waals surface area contributed by atoms with E-state index >= 15 is 0 Å². The summed E-state index contributed by atoms with van der Waals surface area (Å²) in [6, 6.07) is 0. The maximum absolute atomic E-state index is 11.8. The normalized spacial score (nSPS) is 31.7. The Kier molecular flexibility index (Phi) is 4.15. The molecule has 2 fully saturated rings. The van der Waals surface area contributed by atoms with Crippen LogP contribution in [0.3, 0.4) is 0 Å². The second kappa shape index (κ2) is 5.61. The first-order valence-corrected chi connectivity index (χ1v) is 6.17. The van der Waals surface area contributed by atoms with Crippen LogP contribution in [0.15, 0.2) is 0 Å². The third-order valence-corrected chi connectivity index (χ3v) is 3.58. The van der Waals surface area contributed by atoms with Crippen molar-refractivity contribution >= 4 is 5.78 Å². The van der Waals surface area contributed by atoms with Crippen molar-refractivity contribution in [2.24, 2.45) is 11.8 Å². The molecule has 3 nitrogen and oxygen atoms in total. The van der Waals surface area contributed by atoms with Crippen molar-refractivity contribution in [2.45, 2.75) is 32.1 Å². The molecule has 0 saturated carbocycles. The SMILES string of the molecule is O=C(CCC1CCCNC1)C1CCOC1. The van der Waals surface area contributed by atoms with Crippen LogP contribution in [0.5, 0.6) is 0 Å². The molecule has 0 bridgehead atoms. The van der Waals surface area contributed by atoms with Gasteiger partial charge in [-0.1, -0.05) is 0 Å². The second-order valence-electron chi connectivity index (χ2n) is 4.78. The van der Waals surface area contributed by atoms with E-state index in [0.717, 1.165) is 44.9 Å². The molecule has 0 aliphatic carbocycles. The monoisotopic (exact) mass is 211 g/mol. The number of carbonyl (C=O) groups excluding carboxylic acids is 1. The van der Waals surface area contributed by atoms with Gasteiger partial charge in [-0.25, -0.2) is 0 Å². The first kappa shape index (κ1) is 11.1. The summed E-state index contributed by atoms with van der Waals surface area (Å²) in [4.78, 5) is 11.8. The number of hydrogen-bond donors (Lipinski definition) is 1. The molecule has 2 rings (SSSR count). The highest BCUT2D eigenvalue weighted by molar-refractivity contribution is 5.81. The van der Waals surface area contributed by atoms with Crippen LogP contribution in [0, 0.1) is 11.8 Å². The maximum atomic E-state index is 11.8. The Morgan fingerprint density at radius 3 is 3.00 bits per heavy atom. The zero-order valence-electron chi connectivity index (χ0n) is 9.34. The molecule has 3 heteroatoms. The van der Waals surface area contributed by atoms with Crippen LogP contribution < -0.4 is 5.32 Å². The predicted octanol–water partition coefficient (Wildman–Crippen LogP) is 1.37. The summed E-state index contributed by atoms with van der Waals surface area (Å²) in [5.41, 5.74) is 0. The minimum Gasteiger partial charge on any atom is -0.381 e. The molecule has 0 aromatic heterocycles. The van der Waals surface area contributed by atoms with E-state index in [1.165, 1.54) is 12.8 Å². The number of piperidine rings is 1. The lowest BCUT2D eigenvalue weighted by Gasteiger charge is -2.22. The molecule has 2 heterocycles. The summed E-state index contributed by atoms with van der Waals surface area (Å²) in [5.74, 6) is 1.37. The Hall–Kier alpha value is -0.410. The molecule has 2 atom stereocenters. The first-order valence-electron chi connectivity index (χ1n) is 6.17. The van der Waals surface area contributed by atoms with Gasteiger partial charge in [0.15, 0.2) is 0 Å². The minimum absolute atomic E-state index is 0.210. The fourth-order valence-electron chi connectivity index (χ4n) is 2.51. The minimum atomic E-state index is 0.210. The van der Waals surface area contributed by atoms with Crippen LogP contribution in [0.1, 0.15) is 32.1 Å². The molecular weight excluding hydrogens is 190 g/mol. The Morgan fingerprint density at radius 2 is 2.33 bits per heavy atom. The summed E-state index contributed by atoms with van der Waals surface area (Å²) in [5, 5.41) is 3.39.